The lowest BCUT2D eigenvalue weighted by Gasteiger charge is -2.28. The number of nitrogen functional groups attached to an aromatic ring is 1. The van der Waals surface area contributed by atoms with Crippen molar-refractivity contribution in [3.05, 3.63) is 23.2 Å². The summed E-state index contributed by atoms with van der Waals surface area (Å²) in [5, 5.41) is 0.758. The van der Waals surface area contributed by atoms with Crippen molar-refractivity contribution in [2.75, 3.05) is 23.7 Å². The van der Waals surface area contributed by atoms with Crippen molar-refractivity contribution in [3.63, 3.8) is 0 Å². The minimum Gasteiger partial charge on any atom is -0.397 e. The van der Waals surface area contributed by atoms with Crippen LogP contribution < -0.4 is 10.6 Å². The fourth-order valence-corrected chi connectivity index (χ4v) is 2.64. The number of nitrogens with two attached hydrogens (primary N) is 1. The Hall–Kier alpha value is -0.890. The van der Waals surface area contributed by atoms with Crippen LogP contribution in [0.3, 0.4) is 0 Å². The molecule has 0 saturated carbocycles. The number of anilines is 2. The van der Waals surface area contributed by atoms with Gasteiger partial charge in [-0.2, -0.15) is 0 Å². The van der Waals surface area contributed by atoms with Crippen molar-refractivity contribution >= 4 is 23.0 Å². The van der Waals surface area contributed by atoms with E-state index < -0.39 is 0 Å². The highest BCUT2D eigenvalue weighted by Gasteiger charge is 2.32. The van der Waals surface area contributed by atoms with E-state index in [0.717, 1.165) is 35.4 Å². The molecule has 1 atom stereocenters. The number of hydrogen-bond acceptors (Lipinski definition) is 2. The van der Waals surface area contributed by atoms with Gasteiger partial charge >= 0.3 is 0 Å². The van der Waals surface area contributed by atoms with Crippen molar-refractivity contribution in [2.45, 2.75) is 27.2 Å². The van der Waals surface area contributed by atoms with Gasteiger partial charge in [0.15, 0.2) is 0 Å². The van der Waals surface area contributed by atoms with Gasteiger partial charge in [0.1, 0.15) is 0 Å². The van der Waals surface area contributed by atoms with Gasteiger partial charge in [0, 0.05) is 18.1 Å². The predicted octanol–water partition coefficient (Wildman–Crippen LogP) is 3.79. The third kappa shape index (κ3) is 2.68. The molecule has 3 heteroatoms. The number of benzene rings is 1. The van der Waals surface area contributed by atoms with Crippen LogP contribution in [0.25, 0.3) is 0 Å². The van der Waals surface area contributed by atoms with Crippen molar-refractivity contribution in [3.8, 4) is 0 Å². The Bertz CT molecular complexity index is 409. The monoisotopic (exact) mass is 252 g/mol. The standard InChI is InChI=1S/C14H21ClN2/c1-14(2,3)10-6-7-17(9-10)13-8-11(15)4-5-12(13)16/h4-5,8,10H,6-7,9,16H2,1-3H3. The first-order valence-corrected chi connectivity index (χ1v) is 6.55. The number of hydrogen-bond donors (Lipinski definition) is 1. The maximum atomic E-state index is 6.04. The second-order valence-corrected chi connectivity index (χ2v) is 6.44. The summed E-state index contributed by atoms with van der Waals surface area (Å²) in [5.41, 5.74) is 8.30. The molecule has 94 valence electrons. The van der Waals surface area contributed by atoms with Gasteiger partial charge in [-0.15, -0.1) is 0 Å². The molecule has 1 fully saturated rings. The summed E-state index contributed by atoms with van der Waals surface area (Å²) in [7, 11) is 0. The zero-order chi connectivity index (χ0) is 12.6. The van der Waals surface area contributed by atoms with E-state index in [2.05, 4.69) is 25.7 Å². The molecule has 1 aliphatic rings. The van der Waals surface area contributed by atoms with E-state index >= 15 is 0 Å². The van der Waals surface area contributed by atoms with Gasteiger partial charge in [-0.1, -0.05) is 32.4 Å². The Morgan fingerprint density at radius 2 is 2.06 bits per heavy atom. The number of halogens is 1. The molecule has 1 aromatic rings. The number of rotatable bonds is 1. The van der Waals surface area contributed by atoms with Crippen LogP contribution in [0.2, 0.25) is 5.02 Å². The molecule has 0 amide bonds. The molecule has 2 nitrogen and oxygen atoms in total. The molecule has 0 radical (unpaired) electrons. The third-order valence-corrected chi connectivity index (χ3v) is 3.98. The highest BCUT2D eigenvalue weighted by atomic mass is 35.5. The Labute approximate surface area is 109 Å². The fraction of sp³-hybridized carbons (Fsp3) is 0.571. The zero-order valence-electron chi connectivity index (χ0n) is 10.8. The molecule has 2 rings (SSSR count). The van der Waals surface area contributed by atoms with E-state index in [1.165, 1.54) is 6.42 Å². The van der Waals surface area contributed by atoms with Crippen LogP contribution in [0.5, 0.6) is 0 Å². The summed E-state index contributed by atoms with van der Waals surface area (Å²) in [5.74, 6) is 0.723. The Balaban J connectivity index is 2.18. The number of nitrogens with zero attached hydrogens (tertiary/aromatic N) is 1. The van der Waals surface area contributed by atoms with Gasteiger partial charge < -0.3 is 10.6 Å². The largest absolute Gasteiger partial charge is 0.397 e. The van der Waals surface area contributed by atoms with Crippen LogP contribution >= 0.6 is 11.6 Å². The lowest BCUT2D eigenvalue weighted by Crippen LogP contribution is -2.26. The molecule has 1 aliphatic heterocycles. The Morgan fingerprint density at radius 3 is 2.65 bits per heavy atom. The maximum absolute atomic E-state index is 6.04. The molecule has 1 aromatic carbocycles. The molecule has 1 saturated heterocycles. The summed E-state index contributed by atoms with van der Waals surface area (Å²) in [6.45, 7) is 9.08. The Morgan fingerprint density at radius 1 is 1.35 bits per heavy atom. The minimum atomic E-state index is 0.363. The summed E-state index contributed by atoms with van der Waals surface area (Å²) < 4.78 is 0. The summed E-state index contributed by atoms with van der Waals surface area (Å²) >= 11 is 6.04. The molecule has 1 unspecified atom stereocenters. The smallest absolute Gasteiger partial charge is 0.0614 e. The van der Waals surface area contributed by atoms with Crippen LogP contribution in [0.1, 0.15) is 27.2 Å². The molecular weight excluding hydrogens is 232 g/mol. The van der Waals surface area contributed by atoms with E-state index in [0.29, 0.717) is 5.41 Å². The van der Waals surface area contributed by atoms with Gasteiger partial charge in [0.05, 0.1) is 11.4 Å². The van der Waals surface area contributed by atoms with Gasteiger partial charge in [0.25, 0.3) is 0 Å². The quantitative estimate of drug-likeness (QED) is 0.771. The van der Waals surface area contributed by atoms with E-state index in [1.807, 2.05) is 18.2 Å². The molecule has 0 aliphatic carbocycles. The van der Waals surface area contributed by atoms with Crippen LogP contribution in [0.15, 0.2) is 18.2 Å². The SMILES string of the molecule is CC(C)(C)C1CCN(c2cc(Cl)ccc2N)C1. The summed E-state index contributed by atoms with van der Waals surface area (Å²) in [4.78, 5) is 2.36. The summed E-state index contributed by atoms with van der Waals surface area (Å²) in [6.07, 6.45) is 1.23. The van der Waals surface area contributed by atoms with E-state index in [4.69, 9.17) is 17.3 Å². The first-order valence-electron chi connectivity index (χ1n) is 6.18. The van der Waals surface area contributed by atoms with Crippen molar-refractivity contribution in [1.29, 1.82) is 0 Å². The van der Waals surface area contributed by atoms with Crippen molar-refractivity contribution in [2.24, 2.45) is 11.3 Å². The lowest BCUT2D eigenvalue weighted by atomic mass is 9.80. The molecular formula is C14H21ClN2. The highest BCUT2D eigenvalue weighted by Crippen LogP contribution is 2.37. The zero-order valence-corrected chi connectivity index (χ0v) is 11.6. The van der Waals surface area contributed by atoms with E-state index in [-0.39, 0.29) is 0 Å². The molecule has 0 aromatic heterocycles. The average molecular weight is 253 g/mol. The second kappa shape index (κ2) is 4.41. The lowest BCUT2D eigenvalue weighted by molar-refractivity contribution is 0.263. The van der Waals surface area contributed by atoms with E-state index in [1.54, 1.807) is 0 Å². The summed E-state index contributed by atoms with van der Waals surface area (Å²) in [6, 6.07) is 5.71. The molecule has 17 heavy (non-hydrogen) atoms. The van der Waals surface area contributed by atoms with Crippen LogP contribution in [0, 0.1) is 11.3 Å². The highest BCUT2D eigenvalue weighted by molar-refractivity contribution is 6.31. The molecule has 0 bridgehead atoms. The minimum absolute atomic E-state index is 0.363. The van der Waals surface area contributed by atoms with E-state index in [9.17, 15) is 0 Å². The second-order valence-electron chi connectivity index (χ2n) is 6.00. The van der Waals surface area contributed by atoms with Gasteiger partial charge in [-0.3, -0.25) is 0 Å². The molecule has 1 heterocycles. The fourth-order valence-electron chi connectivity index (χ4n) is 2.48. The molecule has 2 N–H and O–H groups in total. The normalized spacial score (nSPS) is 20.9. The van der Waals surface area contributed by atoms with Crippen LogP contribution in [0.4, 0.5) is 11.4 Å². The van der Waals surface area contributed by atoms with Gasteiger partial charge in [-0.25, -0.2) is 0 Å². The first kappa shape index (κ1) is 12.6. The molecule has 0 spiro atoms. The topological polar surface area (TPSA) is 29.3 Å². The predicted molar refractivity (Wildman–Crippen MR) is 75.6 cm³/mol. The van der Waals surface area contributed by atoms with Crippen LogP contribution in [-0.4, -0.2) is 13.1 Å². The van der Waals surface area contributed by atoms with Crippen LogP contribution in [-0.2, 0) is 0 Å². The first-order chi connectivity index (χ1) is 7.88. The van der Waals surface area contributed by atoms with Gasteiger partial charge in [0.2, 0.25) is 0 Å². The Kier molecular flexibility index (Phi) is 3.26. The average Bonchev–Trinajstić information content (AvgIpc) is 2.70. The van der Waals surface area contributed by atoms with Crippen molar-refractivity contribution in [1.82, 2.24) is 0 Å². The van der Waals surface area contributed by atoms with Gasteiger partial charge in [-0.05, 0) is 36.0 Å². The maximum Gasteiger partial charge on any atom is 0.0614 e. The van der Waals surface area contributed by atoms with Crippen molar-refractivity contribution < 1.29 is 0 Å². The third-order valence-electron chi connectivity index (χ3n) is 3.75.